The molecule has 0 bridgehead atoms. The molecule has 3 nitrogen and oxygen atoms in total. The first kappa shape index (κ1) is 21.8. The minimum Gasteiger partial charge on any atom is -0.507 e. The van der Waals surface area contributed by atoms with Crippen LogP contribution < -0.4 is 5.32 Å². The molecule has 0 aliphatic heterocycles. The summed E-state index contributed by atoms with van der Waals surface area (Å²) >= 11 is 3.19. The highest BCUT2D eigenvalue weighted by Gasteiger charge is 2.38. The SMILES string of the molecule is CC.CC(C)(CCCNC(=O)C(F)(F)F)c1ccc(Br)c(O)c1. The van der Waals surface area contributed by atoms with Crippen LogP contribution in [0, 0.1) is 0 Å². The number of phenolic OH excluding ortho intramolecular Hbond substituents is 1. The van der Waals surface area contributed by atoms with Crippen LogP contribution in [0.25, 0.3) is 0 Å². The standard InChI is InChI=1S/C14H17BrF3NO2.C2H6/c1-13(2,9-4-5-10(15)11(20)8-9)6-3-7-19-12(21)14(16,17)18;1-2/h4-5,8,20H,3,6-7H2,1-2H3,(H,19,21);1-2H3. The van der Waals surface area contributed by atoms with E-state index in [4.69, 9.17) is 0 Å². The quantitative estimate of drug-likeness (QED) is 0.692. The van der Waals surface area contributed by atoms with Crippen molar-refractivity contribution in [3.05, 3.63) is 28.2 Å². The zero-order chi connectivity index (χ0) is 18.3. The molecule has 1 aromatic rings. The summed E-state index contributed by atoms with van der Waals surface area (Å²) in [5.74, 6) is -1.80. The van der Waals surface area contributed by atoms with E-state index < -0.39 is 12.1 Å². The molecule has 1 rings (SSSR count). The molecule has 0 aliphatic rings. The fourth-order valence-corrected chi connectivity index (χ4v) is 2.16. The number of phenols is 1. The van der Waals surface area contributed by atoms with Crippen molar-refractivity contribution < 1.29 is 23.1 Å². The number of benzene rings is 1. The lowest BCUT2D eigenvalue weighted by atomic mass is 9.80. The lowest BCUT2D eigenvalue weighted by molar-refractivity contribution is -0.173. The Morgan fingerprint density at radius 3 is 2.30 bits per heavy atom. The van der Waals surface area contributed by atoms with Crippen molar-refractivity contribution in [1.29, 1.82) is 0 Å². The Kier molecular flexibility index (Phi) is 8.66. The first-order valence-electron chi connectivity index (χ1n) is 7.38. The molecule has 0 aromatic heterocycles. The van der Waals surface area contributed by atoms with Crippen LogP contribution in [-0.4, -0.2) is 23.7 Å². The van der Waals surface area contributed by atoms with E-state index in [1.165, 1.54) is 0 Å². The molecule has 132 valence electrons. The summed E-state index contributed by atoms with van der Waals surface area (Å²) in [6.45, 7) is 7.83. The van der Waals surface area contributed by atoms with Crippen LogP contribution in [0.5, 0.6) is 5.75 Å². The molecule has 0 atom stereocenters. The summed E-state index contributed by atoms with van der Waals surface area (Å²) in [7, 11) is 0. The maximum Gasteiger partial charge on any atom is 0.471 e. The van der Waals surface area contributed by atoms with Gasteiger partial charge in [0, 0.05) is 6.54 Å². The smallest absolute Gasteiger partial charge is 0.471 e. The summed E-state index contributed by atoms with van der Waals surface area (Å²) < 4.78 is 36.6. The van der Waals surface area contributed by atoms with Gasteiger partial charge in [-0.2, -0.15) is 13.2 Å². The van der Waals surface area contributed by atoms with Gasteiger partial charge in [0.15, 0.2) is 0 Å². The van der Waals surface area contributed by atoms with Crippen molar-refractivity contribution in [2.75, 3.05) is 6.54 Å². The molecular weight excluding hydrogens is 375 g/mol. The molecule has 7 heteroatoms. The Bertz CT molecular complexity index is 517. The van der Waals surface area contributed by atoms with Crippen LogP contribution in [0.15, 0.2) is 22.7 Å². The summed E-state index contributed by atoms with van der Waals surface area (Å²) in [5.41, 5.74) is 0.562. The highest BCUT2D eigenvalue weighted by Crippen LogP contribution is 2.33. The Hall–Kier alpha value is -1.24. The van der Waals surface area contributed by atoms with Crippen molar-refractivity contribution in [3.8, 4) is 5.75 Å². The van der Waals surface area contributed by atoms with Gasteiger partial charge in [-0.3, -0.25) is 4.79 Å². The van der Waals surface area contributed by atoms with Crippen LogP contribution in [0.2, 0.25) is 0 Å². The maximum atomic E-state index is 12.0. The predicted octanol–water partition coefficient (Wildman–Crippen LogP) is 4.92. The average Bonchev–Trinajstić information content (AvgIpc) is 2.47. The van der Waals surface area contributed by atoms with Crippen molar-refractivity contribution in [2.24, 2.45) is 0 Å². The van der Waals surface area contributed by atoms with Gasteiger partial charge in [0.05, 0.1) is 4.47 Å². The fraction of sp³-hybridized carbons (Fsp3) is 0.562. The number of carbonyl (C=O) groups excluding carboxylic acids is 1. The minimum atomic E-state index is -4.84. The number of rotatable bonds is 5. The number of aromatic hydroxyl groups is 1. The summed E-state index contributed by atoms with van der Waals surface area (Å²) in [6, 6.07) is 5.19. The number of hydrogen-bond donors (Lipinski definition) is 2. The second-order valence-corrected chi connectivity index (χ2v) is 6.26. The Morgan fingerprint density at radius 1 is 1.26 bits per heavy atom. The van der Waals surface area contributed by atoms with Gasteiger partial charge in [-0.15, -0.1) is 0 Å². The number of alkyl halides is 3. The third-order valence-corrected chi connectivity index (χ3v) is 3.92. The second-order valence-electron chi connectivity index (χ2n) is 5.41. The first-order chi connectivity index (χ1) is 10.5. The molecule has 0 heterocycles. The molecular formula is C16H23BrF3NO2. The van der Waals surface area contributed by atoms with E-state index >= 15 is 0 Å². The largest absolute Gasteiger partial charge is 0.507 e. The lowest BCUT2D eigenvalue weighted by Crippen LogP contribution is -2.37. The zero-order valence-corrected chi connectivity index (χ0v) is 15.3. The molecule has 0 spiro atoms. The van der Waals surface area contributed by atoms with E-state index in [9.17, 15) is 23.1 Å². The Labute approximate surface area is 143 Å². The van der Waals surface area contributed by atoms with Crippen LogP contribution in [-0.2, 0) is 10.2 Å². The van der Waals surface area contributed by atoms with Crippen molar-refractivity contribution in [2.45, 2.75) is 52.1 Å². The number of nitrogens with one attached hydrogen (secondary N) is 1. The third-order valence-electron chi connectivity index (χ3n) is 3.25. The molecule has 0 fully saturated rings. The highest BCUT2D eigenvalue weighted by atomic mass is 79.9. The van der Waals surface area contributed by atoms with E-state index in [0.717, 1.165) is 5.56 Å². The molecule has 2 N–H and O–H groups in total. The van der Waals surface area contributed by atoms with Gasteiger partial charge in [-0.05, 0) is 51.9 Å². The number of hydrogen-bond acceptors (Lipinski definition) is 2. The van der Waals surface area contributed by atoms with Gasteiger partial charge in [-0.25, -0.2) is 0 Å². The van der Waals surface area contributed by atoms with Gasteiger partial charge in [0.2, 0.25) is 0 Å². The van der Waals surface area contributed by atoms with Gasteiger partial charge in [0.25, 0.3) is 0 Å². The summed E-state index contributed by atoms with van der Waals surface area (Å²) in [4.78, 5) is 10.7. The predicted molar refractivity (Wildman–Crippen MR) is 88.5 cm³/mol. The molecule has 0 radical (unpaired) electrons. The highest BCUT2D eigenvalue weighted by molar-refractivity contribution is 9.10. The van der Waals surface area contributed by atoms with Crippen molar-refractivity contribution in [1.82, 2.24) is 5.32 Å². The fourth-order valence-electron chi connectivity index (χ4n) is 1.91. The molecule has 23 heavy (non-hydrogen) atoms. The first-order valence-corrected chi connectivity index (χ1v) is 8.17. The normalized spacial score (nSPS) is 11.5. The zero-order valence-electron chi connectivity index (χ0n) is 13.7. The number of carbonyl (C=O) groups is 1. The van der Waals surface area contributed by atoms with Crippen molar-refractivity contribution in [3.63, 3.8) is 0 Å². The van der Waals surface area contributed by atoms with E-state index in [1.807, 2.05) is 39.1 Å². The topological polar surface area (TPSA) is 49.3 Å². The van der Waals surface area contributed by atoms with Crippen LogP contribution in [0.3, 0.4) is 0 Å². The lowest BCUT2D eigenvalue weighted by Gasteiger charge is -2.25. The Morgan fingerprint density at radius 2 is 1.83 bits per heavy atom. The van der Waals surface area contributed by atoms with E-state index in [1.54, 1.807) is 12.1 Å². The molecule has 0 aliphatic carbocycles. The molecule has 0 saturated carbocycles. The number of halogens is 4. The van der Waals surface area contributed by atoms with Crippen LogP contribution >= 0.6 is 15.9 Å². The van der Waals surface area contributed by atoms with Crippen molar-refractivity contribution >= 4 is 21.8 Å². The molecule has 0 unspecified atom stereocenters. The van der Waals surface area contributed by atoms with Crippen LogP contribution in [0.4, 0.5) is 13.2 Å². The molecule has 1 amide bonds. The van der Waals surface area contributed by atoms with Gasteiger partial charge in [-0.1, -0.05) is 33.8 Å². The average molecular weight is 398 g/mol. The molecule has 1 aromatic carbocycles. The molecule has 0 saturated heterocycles. The monoisotopic (exact) mass is 397 g/mol. The van der Waals surface area contributed by atoms with Gasteiger partial charge >= 0.3 is 12.1 Å². The Balaban J connectivity index is 0.00000232. The minimum absolute atomic E-state index is 0.0374. The third kappa shape index (κ3) is 7.24. The van der Waals surface area contributed by atoms with E-state index in [-0.39, 0.29) is 17.7 Å². The van der Waals surface area contributed by atoms with Gasteiger partial charge < -0.3 is 10.4 Å². The maximum absolute atomic E-state index is 12.0. The summed E-state index contributed by atoms with van der Waals surface area (Å²) in [6.07, 6.45) is -3.86. The second kappa shape index (κ2) is 9.15. The summed E-state index contributed by atoms with van der Waals surface area (Å²) in [5, 5.41) is 11.5. The van der Waals surface area contributed by atoms with E-state index in [2.05, 4.69) is 15.9 Å². The van der Waals surface area contributed by atoms with Gasteiger partial charge in [0.1, 0.15) is 5.75 Å². The van der Waals surface area contributed by atoms with E-state index in [0.29, 0.717) is 17.3 Å². The number of amides is 1. The van der Waals surface area contributed by atoms with Crippen LogP contribution in [0.1, 0.15) is 46.1 Å².